The van der Waals surface area contributed by atoms with Crippen molar-refractivity contribution in [1.29, 1.82) is 0 Å². The van der Waals surface area contributed by atoms with Gasteiger partial charge in [0.05, 0.1) is 0 Å². The number of nitrogens with one attached hydrogen (secondary N) is 1. The summed E-state index contributed by atoms with van der Waals surface area (Å²) in [7, 11) is 1.99. The number of nitrogens with zero attached hydrogens (tertiary/aromatic N) is 1. The summed E-state index contributed by atoms with van der Waals surface area (Å²) in [6, 6.07) is 9.03. The Bertz CT molecular complexity index is 310. The van der Waals surface area contributed by atoms with Gasteiger partial charge in [0.1, 0.15) is 0 Å². The van der Waals surface area contributed by atoms with Crippen LogP contribution in [0.1, 0.15) is 37.7 Å². The molecule has 0 spiro atoms. The van der Waals surface area contributed by atoms with Crippen molar-refractivity contribution in [2.24, 2.45) is 0 Å². The molecule has 17 heavy (non-hydrogen) atoms. The maximum absolute atomic E-state index is 3.19. The molecule has 1 N–H and O–H groups in total. The van der Waals surface area contributed by atoms with Crippen LogP contribution < -0.4 is 10.2 Å². The Morgan fingerprint density at radius 3 is 2.12 bits per heavy atom. The molecule has 0 radical (unpaired) electrons. The number of hydrogen-bond acceptors (Lipinski definition) is 2. The van der Waals surface area contributed by atoms with Gasteiger partial charge in [-0.05, 0) is 37.6 Å². The SMILES string of the molecule is CNCc1ccc(N2CCCCCCC2)cc1. The normalized spacial score (nSPS) is 17.6. The minimum Gasteiger partial charge on any atom is -0.372 e. The highest BCUT2D eigenvalue weighted by Gasteiger charge is 2.08. The van der Waals surface area contributed by atoms with Crippen molar-refractivity contribution in [3.63, 3.8) is 0 Å². The summed E-state index contributed by atoms with van der Waals surface area (Å²) in [4.78, 5) is 2.54. The maximum atomic E-state index is 3.19. The van der Waals surface area contributed by atoms with Crippen LogP contribution >= 0.6 is 0 Å². The first-order valence-corrected chi connectivity index (χ1v) is 6.88. The highest BCUT2D eigenvalue weighted by atomic mass is 15.1. The van der Waals surface area contributed by atoms with Crippen LogP contribution in [0, 0.1) is 0 Å². The Morgan fingerprint density at radius 2 is 1.53 bits per heavy atom. The topological polar surface area (TPSA) is 15.3 Å². The fraction of sp³-hybridized carbons (Fsp3) is 0.600. The predicted molar refractivity (Wildman–Crippen MR) is 74.5 cm³/mol. The third-order valence-electron chi connectivity index (χ3n) is 3.54. The third kappa shape index (κ3) is 3.74. The van der Waals surface area contributed by atoms with E-state index in [0.717, 1.165) is 6.54 Å². The summed E-state index contributed by atoms with van der Waals surface area (Å²) in [5.41, 5.74) is 2.76. The van der Waals surface area contributed by atoms with Crippen molar-refractivity contribution < 1.29 is 0 Å². The van der Waals surface area contributed by atoms with Gasteiger partial charge in [-0.3, -0.25) is 0 Å². The Morgan fingerprint density at radius 1 is 0.941 bits per heavy atom. The van der Waals surface area contributed by atoms with E-state index in [-0.39, 0.29) is 0 Å². The molecule has 1 aromatic carbocycles. The fourth-order valence-electron chi connectivity index (χ4n) is 2.53. The van der Waals surface area contributed by atoms with Gasteiger partial charge in [-0.25, -0.2) is 0 Å². The first-order chi connectivity index (χ1) is 8.40. The van der Waals surface area contributed by atoms with E-state index in [1.807, 2.05) is 7.05 Å². The van der Waals surface area contributed by atoms with Gasteiger partial charge >= 0.3 is 0 Å². The van der Waals surface area contributed by atoms with Crippen LogP contribution in [-0.4, -0.2) is 20.1 Å². The van der Waals surface area contributed by atoms with E-state index in [1.165, 1.54) is 56.4 Å². The third-order valence-corrected chi connectivity index (χ3v) is 3.54. The Labute approximate surface area is 105 Å². The van der Waals surface area contributed by atoms with Gasteiger partial charge in [-0.2, -0.15) is 0 Å². The van der Waals surface area contributed by atoms with E-state index in [4.69, 9.17) is 0 Å². The molecule has 0 amide bonds. The lowest BCUT2D eigenvalue weighted by atomic mass is 10.1. The molecule has 0 aliphatic carbocycles. The summed E-state index contributed by atoms with van der Waals surface area (Å²) < 4.78 is 0. The molecule has 0 bridgehead atoms. The van der Waals surface area contributed by atoms with Gasteiger partial charge in [0.2, 0.25) is 0 Å². The molecule has 0 atom stereocenters. The molecule has 1 saturated heterocycles. The number of rotatable bonds is 3. The van der Waals surface area contributed by atoms with Crippen LogP contribution in [-0.2, 0) is 6.54 Å². The first kappa shape index (κ1) is 12.4. The molecule has 1 aliphatic heterocycles. The molecular weight excluding hydrogens is 208 g/mol. The van der Waals surface area contributed by atoms with Crippen LogP contribution in [0.2, 0.25) is 0 Å². The summed E-state index contributed by atoms with van der Waals surface area (Å²) in [5.74, 6) is 0. The summed E-state index contributed by atoms with van der Waals surface area (Å²) in [5, 5.41) is 3.19. The van der Waals surface area contributed by atoms with Gasteiger partial charge in [0.25, 0.3) is 0 Å². The molecule has 1 aliphatic rings. The number of hydrogen-bond donors (Lipinski definition) is 1. The van der Waals surface area contributed by atoms with Crippen LogP contribution in [0.15, 0.2) is 24.3 Å². The number of anilines is 1. The molecule has 1 heterocycles. The summed E-state index contributed by atoms with van der Waals surface area (Å²) in [6.07, 6.45) is 6.91. The van der Waals surface area contributed by atoms with Crippen molar-refractivity contribution in [2.75, 3.05) is 25.0 Å². The van der Waals surface area contributed by atoms with Crippen LogP contribution in [0.4, 0.5) is 5.69 Å². The van der Waals surface area contributed by atoms with Gasteiger partial charge in [-0.1, -0.05) is 31.4 Å². The van der Waals surface area contributed by atoms with E-state index in [1.54, 1.807) is 0 Å². The van der Waals surface area contributed by atoms with E-state index in [2.05, 4.69) is 34.5 Å². The van der Waals surface area contributed by atoms with Gasteiger partial charge in [-0.15, -0.1) is 0 Å². The summed E-state index contributed by atoms with van der Waals surface area (Å²) >= 11 is 0. The molecule has 2 rings (SSSR count). The minimum absolute atomic E-state index is 0.959. The van der Waals surface area contributed by atoms with Crippen molar-refractivity contribution in [3.8, 4) is 0 Å². The van der Waals surface area contributed by atoms with Gasteiger partial charge in [0, 0.05) is 25.3 Å². The second kappa shape index (κ2) is 6.65. The molecule has 2 nitrogen and oxygen atoms in total. The largest absolute Gasteiger partial charge is 0.372 e. The smallest absolute Gasteiger partial charge is 0.0366 e. The molecular formula is C15H24N2. The average molecular weight is 232 g/mol. The van der Waals surface area contributed by atoms with Crippen LogP contribution in [0.25, 0.3) is 0 Å². The van der Waals surface area contributed by atoms with Crippen molar-refractivity contribution in [2.45, 2.75) is 38.6 Å². The van der Waals surface area contributed by atoms with Crippen LogP contribution in [0.5, 0.6) is 0 Å². The van der Waals surface area contributed by atoms with E-state index < -0.39 is 0 Å². The molecule has 1 aromatic rings. The van der Waals surface area contributed by atoms with Gasteiger partial charge in [0.15, 0.2) is 0 Å². The quantitative estimate of drug-likeness (QED) is 0.861. The highest BCUT2D eigenvalue weighted by Crippen LogP contribution is 2.19. The Hall–Kier alpha value is -1.02. The van der Waals surface area contributed by atoms with E-state index >= 15 is 0 Å². The Balaban J connectivity index is 1.99. The lowest BCUT2D eigenvalue weighted by Crippen LogP contribution is -2.26. The molecule has 2 heteroatoms. The highest BCUT2D eigenvalue weighted by molar-refractivity contribution is 5.47. The molecule has 0 unspecified atom stereocenters. The maximum Gasteiger partial charge on any atom is 0.0366 e. The zero-order valence-corrected chi connectivity index (χ0v) is 10.9. The second-order valence-electron chi connectivity index (χ2n) is 4.95. The lowest BCUT2D eigenvalue weighted by Gasteiger charge is -2.27. The molecule has 1 fully saturated rings. The average Bonchev–Trinajstić information content (AvgIpc) is 2.30. The van der Waals surface area contributed by atoms with Crippen molar-refractivity contribution in [3.05, 3.63) is 29.8 Å². The second-order valence-corrected chi connectivity index (χ2v) is 4.95. The van der Waals surface area contributed by atoms with Crippen LogP contribution in [0.3, 0.4) is 0 Å². The van der Waals surface area contributed by atoms with Crippen molar-refractivity contribution >= 4 is 5.69 Å². The van der Waals surface area contributed by atoms with E-state index in [0.29, 0.717) is 0 Å². The van der Waals surface area contributed by atoms with Gasteiger partial charge < -0.3 is 10.2 Å². The standard InChI is InChI=1S/C15H24N2/c1-16-13-14-7-9-15(10-8-14)17-11-5-3-2-4-6-12-17/h7-10,16H,2-6,11-13H2,1H3. The Kier molecular flexibility index (Phi) is 4.87. The fourth-order valence-corrected chi connectivity index (χ4v) is 2.53. The molecule has 0 saturated carbocycles. The predicted octanol–water partition coefficient (Wildman–Crippen LogP) is 3.18. The van der Waals surface area contributed by atoms with Crippen molar-refractivity contribution in [1.82, 2.24) is 5.32 Å². The lowest BCUT2D eigenvalue weighted by molar-refractivity contribution is 0.556. The number of benzene rings is 1. The summed E-state index contributed by atoms with van der Waals surface area (Å²) in [6.45, 7) is 3.41. The zero-order chi connectivity index (χ0) is 11.9. The zero-order valence-electron chi connectivity index (χ0n) is 10.9. The molecule has 94 valence electrons. The van der Waals surface area contributed by atoms with E-state index in [9.17, 15) is 0 Å². The minimum atomic E-state index is 0.959. The first-order valence-electron chi connectivity index (χ1n) is 6.88. The monoisotopic (exact) mass is 232 g/mol. The molecule has 0 aromatic heterocycles.